The zero-order chi connectivity index (χ0) is 10.1. The molecule has 0 aliphatic heterocycles. The highest BCUT2D eigenvalue weighted by atomic mass is 16.5. The SMILES string of the molecule is COC(=O)CCCCC(O)CCO. The smallest absolute Gasteiger partial charge is 0.305 e. The Morgan fingerprint density at radius 3 is 2.62 bits per heavy atom. The quantitative estimate of drug-likeness (QED) is 0.452. The van der Waals surface area contributed by atoms with E-state index < -0.39 is 6.10 Å². The number of rotatable bonds is 7. The van der Waals surface area contributed by atoms with Gasteiger partial charge >= 0.3 is 5.97 Å². The van der Waals surface area contributed by atoms with Gasteiger partial charge in [0, 0.05) is 13.0 Å². The summed E-state index contributed by atoms with van der Waals surface area (Å²) in [6, 6.07) is 0. The molecule has 2 N–H and O–H groups in total. The molecule has 1 unspecified atom stereocenters. The van der Waals surface area contributed by atoms with E-state index in [2.05, 4.69) is 4.74 Å². The minimum atomic E-state index is -0.442. The van der Waals surface area contributed by atoms with Crippen molar-refractivity contribution in [1.82, 2.24) is 0 Å². The van der Waals surface area contributed by atoms with Gasteiger partial charge in [-0.1, -0.05) is 6.42 Å². The number of hydrogen-bond acceptors (Lipinski definition) is 4. The third kappa shape index (κ3) is 7.74. The molecule has 0 rings (SSSR count). The monoisotopic (exact) mass is 190 g/mol. The Bertz CT molecular complexity index is 136. The first kappa shape index (κ1) is 12.4. The summed E-state index contributed by atoms with van der Waals surface area (Å²) in [5, 5.41) is 17.7. The van der Waals surface area contributed by atoms with Crippen molar-refractivity contribution in [3.05, 3.63) is 0 Å². The van der Waals surface area contributed by atoms with Gasteiger partial charge in [0.15, 0.2) is 0 Å². The summed E-state index contributed by atoms with van der Waals surface area (Å²) in [7, 11) is 1.36. The van der Waals surface area contributed by atoms with Crippen LogP contribution in [0, 0.1) is 0 Å². The van der Waals surface area contributed by atoms with Gasteiger partial charge in [-0.25, -0.2) is 0 Å². The van der Waals surface area contributed by atoms with Crippen LogP contribution in [-0.4, -0.2) is 36.0 Å². The first-order valence-corrected chi connectivity index (χ1v) is 4.56. The normalized spacial score (nSPS) is 12.5. The van der Waals surface area contributed by atoms with E-state index in [1.54, 1.807) is 0 Å². The summed E-state index contributed by atoms with van der Waals surface area (Å²) in [5.74, 6) is -0.211. The van der Waals surface area contributed by atoms with E-state index in [9.17, 15) is 9.90 Å². The zero-order valence-electron chi connectivity index (χ0n) is 8.03. The lowest BCUT2D eigenvalue weighted by molar-refractivity contribution is -0.140. The average molecular weight is 190 g/mol. The third-order valence-electron chi connectivity index (χ3n) is 1.86. The van der Waals surface area contributed by atoms with Gasteiger partial charge in [-0.3, -0.25) is 4.79 Å². The summed E-state index contributed by atoms with van der Waals surface area (Å²) < 4.78 is 4.46. The molecule has 4 heteroatoms. The Balaban J connectivity index is 3.20. The van der Waals surface area contributed by atoms with Crippen LogP contribution in [0.2, 0.25) is 0 Å². The van der Waals surface area contributed by atoms with Crippen molar-refractivity contribution in [2.75, 3.05) is 13.7 Å². The van der Waals surface area contributed by atoms with E-state index in [0.717, 1.165) is 12.8 Å². The van der Waals surface area contributed by atoms with Gasteiger partial charge in [0.05, 0.1) is 13.2 Å². The van der Waals surface area contributed by atoms with E-state index in [1.165, 1.54) is 7.11 Å². The van der Waals surface area contributed by atoms with Crippen LogP contribution in [0.3, 0.4) is 0 Å². The van der Waals surface area contributed by atoms with Crippen LogP contribution in [0.4, 0.5) is 0 Å². The van der Waals surface area contributed by atoms with Crippen molar-refractivity contribution < 1.29 is 19.7 Å². The number of carbonyl (C=O) groups is 1. The minimum Gasteiger partial charge on any atom is -0.469 e. The van der Waals surface area contributed by atoms with Crippen LogP contribution in [-0.2, 0) is 9.53 Å². The lowest BCUT2D eigenvalue weighted by atomic mass is 10.1. The lowest BCUT2D eigenvalue weighted by Crippen LogP contribution is -2.08. The standard InChI is InChI=1S/C9H18O4/c1-13-9(12)5-3-2-4-8(11)6-7-10/h8,10-11H,2-7H2,1H3. The Morgan fingerprint density at radius 2 is 2.08 bits per heavy atom. The second-order valence-corrected chi connectivity index (χ2v) is 2.99. The molecular formula is C9H18O4. The highest BCUT2D eigenvalue weighted by Crippen LogP contribution is 2.06. The van der Waals surface area contributed by atoms with Gasteiger partial charge in [0.1, 0.15) is 0 Å². The number of carbonyl (C=O) groups excluding carboxylic acids is 1. The van der Waals surface area contributed by atoms with Crippen molar-refractivity contribution in [3.63, 3.8) is 0 Å². The zero-order valence-corrected chi connectivity index (χ0v) is 8.03. The predicted octanol–water partition coefficient (Wildman–Crippen LogP) is 0.463. The first-order chi connectivity index (χ1) is 6.20. The molecule has 0 amide bonds. The molecule has 0 saturated heterocycles. The molecule has 0 aliphatic rings. The molecule has 1 atom stereocenters. The highest BCUT2D eigenvalue weighted by Gasteiger charge is 2.04. The lowest BCUT2D eigenvalue weighted by Gasteiger charge is -2.07. The summed E-state index contributed by atoms with van der Waals surface area (Å²) >= 11 is 0. The minimum absolute atomic E-state index is 0.0121. The summed E-state index contributed by atoms with van der Waals surface area (Å²) in [6.45, 7) is 0.0121. The summed E-state index contributed by atoms with van der Waals surface area (Å²) in [5.41, 5.74) is 0. The maximum Gasteiger partial charge on any atom is 0.305 e. The molecule has 0 fully saturated rings. The molecule has 78 valence electrons. The van der Waals surface area contributed by atoms with Gasteiger partial charge in [0.25, 0.3) is 0 Å². The Kier molecular flexibility index (Phi) is 7.63. The van der Waals surface area contributed by atoms with Gasteiger partial charge in [-0.2, -0.15) is 0 Å². The number of hydrogen-bond donors (Lipinski definition) is 2. The summed E-state index contributed by atoms with van der Waals surface area (Å²) in [4.78, 5) is 10.7. The van der Waals surface area contributed by atoms with Crippen LogP contribution in [0.25, 0.3) is 0 Å². The van der Waals surface area contributed by atoms with Crippen LogP contribution in [0.5, 0.6) is 0 Å². The van der Waals surface area contributed by atoms with Crippen molar-refractivity contribution in [2.24, 2.45) is 0 Å². The molecule has 13 heavy (non-hydrogen) atoms. The van der Waals surface area contributed by atoms with Gasteiger partial charge in [-0.05, 0) is 19.3 Å². The molecular weight excluding hydrogens is 172 g/mol. The molecule has 0 saturated carbocycles. The Labute approximate surface area is 78.5 Å². The first-order valence-electron chi connectivity index (χ1n) is 4.56. The fraction of sp³-hybridized carbons (Fsp3) is 0.889. The molecule has 0 heterocycles. The summed E-state index contributed by atoms with van der Waals surface area (Å²) in [6.07, 6.45) is 2.53. The van der Waals surface area contributed by atoms with Crippen molar-refractivity contribution in [1.29, 1.82) is 0 Å². The topological polar surface area (TPSA) is 66.8 Å². The number of aliphatic hydroxyl groups is 2. The van der Waals surface area contributed by atoms with Crippen LogP contribution < -0.4 is 0 Å². The van der Waals surface area contributed by atoms with Gasteiger partial charge in [-0.15, -0.1) is 0 Å². The molecule has 0 bridgehead atoms. The fourth-order valence-corrected chi connectivity index (χ4v) is 1.04. The maximum absolute atomic E-state index is 10.7. The molecule has 4 nitrogen and oxygen atoms in total. The Hall–Kier alpha value is -0.610. The van der Waals surface area contributed by atoms with E-state index in [0.29, 0.717) is 19.3 Å². The molecule has 0 aromatic rings. The fourth-order valence-electron chi connectivity index (χ4n) is 1.04. The largest absolute Gasteiger partial charge is 0.469 e. The van der Waals surface area contributed by atoms with E-state index in [-0.39, 0.29) is 12.6 Å². The average Bonchev–Trinajstić information content (AvgIpc) is 2.12. The van der Waals surface area contributed by atoms with Crippen LogP contribution in [0.15, 0.2) is 0 Å². The van der Waals surface area contributed by atoms with Crippen molar-refractivity contribution >= 4 is 5.97 Å². The third-order valence-corrected chi connectivity index (χ3v) is 1.86. The van der Waals surface area contributed by atoms with Gasteiger partial charge < -0.3 is 14.9 Å². The maximum atomic E-state index is 10.7. The predicted molar refractivity (Wildman–Crippen MR) is 48.2 cm³/mol. The number of aliphatic hydroxyl groups excluding tert-OH is 2. The van der Waals surface area contributed by atoms with Crippen LogP contribution >= 0.6 is 0 Å². The molecule has 0 radical (unpaired) electrons. The highest BCUT2D eigenvalue weighted by molar-refractivity contribution is 5.68. The van der Waals surface area contributed by atoms with Crippen molar-refractivity contribution in [3.8, 4) is 0 Å². The van der Waals surface area contributed by atoms with E-state index in [4.69, 9.17) is 5.11 Å². The van der Waals surface area contributed by atoms with Gasteiger partial charge in [0.2, 0.25) is 0 Å². The second-order valence-electron chi connectivity index (χ2n) is 2.99. The molecule has 0 aliphatic carbocycles. The van der Waals surface area contributed by atoms with E-state index in [1.807, 2.05) is 0 Å². The van der Waals surface area contributed by atoms with Crippen LogP contribution in [0.1, 0.15) is 32.1 Å². The van der Waals surface area contributed by atoms with Crippen molar-refractivity contribution in [2.45, 2.75) is 38.2 Å². The Morgan fingerprint density at radius 1 is 1.38 bits per heavy atom. The number of ether oxygens (including phenoxy) is 1. The second kappa shape index (κ2) is 8.01. The number of unbranched alkanes of at least 4 members (excludes halogenated alkanes) is 1. The number of methoxy groups -OCH3 is 1. The molecule has 0 spiro atoms. The molecule has 0 aromatic heterocycles. The number of esters is 1. The molecule has 0 aromatic carbocycles. The van der Waals surface area contributed by atoms with E-state index >= 15 is 0 Å².